The average molecular weight is 318 g/mol. The fourth-order valence-corrected chi connectivity index (χ4v) is 2.54. The molecule has 6 heteroatoms. The lowest BCUT2D eigenvalue weighted by Crippen LogP contribution is -2.54. The second-order valence-corrected chi connectivity index (χ2v) is 5.19. The highest BCUT2D eigenvalue weighted by Gasteiger charge is 2.30. The largest absolute Gasteiger partial charge is 0.328 e. The van der Waals surface area contributed by atoms with Gasteiger partial charge in [-0.05, 0) is 34.1 Å². The Hall–Kier alpha value is -1.07. The third kappa shape index (κ3) is 2.45. The lowest BCUT2D eigenvalue weighted by molar-refractivity contribution is -0.123. The van der Waals surface area contributed by atoms with Gasteiger partial charge in [0.15, 0.2) is 0 Å². The minimum Gasteiger partial charge on any atom is -0.292 e. The van der Waals surface area contributed by atoms with Crippen LogP contribution >= 0.6 is 27.5 Å². The Labute approximate surface area is 112 Å². The second kappa shape index (κ2) is 4.66. The van der Waals surface area contributed by atoms with E-state index < -0.39 is 6.03 Å². The Balaban J connectivity index is 2.33. The molecule has 4 nitrogen and oxygen atoms in total. The summed E-state index contributed by atoms with van der Waals surface area (Å²) in [7, 11) is 0. The maximum atomic E-state index is 11.7. The van der Waals surface area contributed by atoms with Crippen LogP contribution in [0.25, 0.3) is 0 Å². The summed E-state index contributed by atoms with van der Waals surface area (Å²) in [6.07, 6.45) is 0. The van der Waals surface area contributed by atoms with Crippen molar-refractivity contribution in [2.75, 3.05) is 11.4 Å². The SMILES string of the molecule is CC1CN(c2ccc(Cl)cc2Br)C(=O)NC1=O. The van der Waals surface area contributed by atoms with Gasteiger partial charge in [0, 0.05) is 16.0 Å². The van der Waals surface area contributed by atoms with Gasteiger partial charge < -0.3 is 0 Å². The molecule has 1 aromatic rings. The van der Waals surface area contributed by atoms with Crippen LogP contribution in [0.15, 0.2) is 22.7 Å². The Morgan fingerprint density at radius 3 is 2.82 bits per heavy atom. The average Bonchev–Trinajstić information content (AvgIpc) is 2.24. The number of carbonyl (C=O) groups excluding carboxylic acids is 2. The fourth-order valence-electron chi connectivity index (χ4n) is 1.64. The third-order valence-electron chi connectivity index (χ3n) is 2.58. The van der Waals surface area contributed by atoms with Crippen LogP contribution < -0.4 is 10.2 Å². The number of anilines is 1. The van der Waals surface area contributed by atoms with E-state index in [4.69, 9.17) is 11.6 Å². The predicted octanol–water partition coefficient (Wildman–Crippen LogP) is 2.79. The van der Waals surface area contributed by atoms with Gasteiger partial charge in [0.25, 0.3) is 0 Å². The van der Waals surface area contributed by atoms with Gasteiger partial charge in [-0.25, -0.2) is 4.79 Å². The molecule has 0 radical (unpaired) electrons. The summed E-state index contributed by atoms with van der Waals surface area (Å²) in [5.41, 5.74) is 0.700. The molecular weight excluding hydrogens is 307 g/mol. The summed E-state index contributed by atoms with van der Waals surface area (Å²) >= 11 is 9.20. The van der Waals surface area contributed by atoms with Gasteiger partial charge in [-0.1, -0.05) is 18.5 Å². The molecular formula is C11H10BrClN2O2. The molecule has 3 amide bonds. The van der Waals surface area contributed by atoms with Gasteiger partial charge in [0.1, 0.15) is 0 Å². The summed E-state index contributed by atoms with van der Waals surface area (Å²) in [5, 5.41) is 2.90. The number of hydrogen-bond acceptors (Lipinski definition) is 2. The van der Waals surface area contributed by atoms with Crippen molar-refractivity contribution < 1.29 is 9.59 Å². The van der Waals surface area contributed by atoms with E-state index in [-0.39, 0.29) is 11.8 Å². The summed E-state index contributed by atoms with van der Waals surface area (Å²) in [6, 6.07) is 4.76. The lowest BCUT2D eigenvalue weighted by atomic mass is 10.1. The molecule has 0 saturated carbocycles. The zero-order chi connectivity index (χ0) is 12.6. The number of amides is 3. The van der Waals surface area contributed by atoms with Crippen molar-refractivity contribution in [1.82, 2.24) is 5.32 Å². The van der Waals surface area contributed by atoms with E-state index in [0.717, 1.165) is 4.47 Å². The molecule has 17 heavy (non-hydrogen) atoms. The number of benzene rings is 1. The quantitative estimate of drug-likeness (QED) is 0.866. The Morgan fingerprint density at radius 1 is 1.47 bits per heavy atom. The molecule has 1 aliphatic heterocycles. The first-order chi connectivity index (χ1) is 7.99. The van der Waals surface area contributed by atoms with Gasteiger partial charge in [-0.15, -0.1) is 0 Å². The maximum Gasteiger partial charge on any atom is 0.328 e. The normalized spacial score (nSPS) is 20.4. The van der Waals surface area contributed by atoms with Crippen LogP contribution in [0.4, 0.5) is 10.5 Å². The van der Waals surface area contributed by atoms with E-state index in [9.17, 15) is 9.59 Å². The Kier molecular flexibility index (Phi) is 3.40. The van der Waals surface area contributed by atoms with Crippen molar-refractivity contribution in [3.8, 4) is 0 Å². The van der Waals surface area contributed by atoms with Crippen LogP contribution in [-0.4, -0.2) is 18.5 Å². The molecule has 1 unspecified atom stereocenters. The summed E-state index contributed by atoms with van der Waals surface area (Å²) in [6.45, 7) is 2.14. The van der Waals surface area contributed by atoms with E-state index in [1.165, 1.54) is 4.90 Å². The molecule has 90 valence electrons. The topological polar surface area (TPSA) is 49.4 Å². The summed E-state index contributed by atoms with van der Waals surface area (Å²) in [4.78, 5) is 24.6. The van der Waals surface area contributed by atoms with Crippen molar-refractivity contribution in [3.63, 3.8) is 0 Å². The molecule has 1 fully saturated rings. The molecule has 0 aliphatic carbocycles. The number of halogens is 2. The van der Waals surface area contributed by atoms with E-state index in [0.29, 0.717) is 17.3 Å². The summed E-state index contributed by atoms with van der Waals surface area (Å²) in [5.74, 6) is -0.466. The monoisotopic (exact) mass is 316 g/mol. The number of nitrogens with one attached hydrogen (secondary N) is 1. The number of urea groups is 1. The minimum absolute atomic E-state index is 0.227. The lowest BCUT2D eigenvalue weighted by Gasteiger charge is -2.31. The van der Waals surface area contributed by atoms with Crippen molar-refractivity contribution in [2.45, 2.75) is 6.92 Å². The number of carbonyl (C=O) groups is 2. The highest BCUT2D eigenvalue weighted by atomic mass is 79.9. The van der Waals surface area contributed by atoms with Gasteiger partial charge in [-0.2, -0.15) is 0 Å². The van der Waals surface area contributed by atoms with Crippen LogP contribution in [0, 0.1) is 5.92 Å². The maximum absolute atomic E-state index is 11.7. The van der Waals surface area contributed by atoms with Gasteiger partial charge >= 0.3 is 6.03 Å². The predicted molar refractivity (Wildman–Crippen MR) is 69.2 cm³/mol. The standard InChI is InChI=1S/C11H10BrClN2O2/c1-6-5-15(11(17)14-10(6)16)9-3-2-7(13)4-8(9)12/h2-4,6H,5H2,1H3,(H,14,16,17). The van der Waals surface area contributed by atoms with E-state index in [2.05, 4.69) is 21.2 Å². The third-order valence-corrected chi connectivity index (χ3v) is 3.45. The van der Waals surface area contributed by atoms with Crippen molar-refractivity contribution >= 4 is 45.2 Å². The smallest absolute Gasteiger partial charge is 0.292 e. The number of hydrogen-bond donors (Lipinski definition) is 1. The van der Waals surface area contributed by atoms with E-state index >= 15 is 0 Å². The van der Waals surface area contributed by atoms with E-state index in [1.807, 2.05) is 0 Å². The molecule has 1 N–H and O–H groups in total. The molecule has 1 aliphatic rings. The molecule has 1 aromatic carbocycles. The van der Waals surface area contributed by atoms with Gasteiger partial charge in [0.05, 0.1) is 11.6 Å². The highest BCUT2D eigenvalue weighted by molar-refractivity contribution is 9.10. The zero-order valence-electron chi connectivity index (χ0n) is 9.04. The molecule has 1 saturated heterocycles. The Bertz CT molecular complexity index is 492. The zero-order valence-corrected chi connectivity index (χ0v) is 11.4. The number of nitrogens with zero attached hydrogens (tertiary/aromatic N) is 1. The first-order valence-corrected chi connectivity index (χ1v) is 6.23. The van der Waals surface area contributed by atoms with Crippen molar-refractivity contribution in [1.29, 1.82) is 0 Å². The molecule has 1 atom stereocenters. The second-order valence-electron chi connectivity index (χ2n) is 3.90. The van der Waals surface area contributed by atoms with Crippen LogP contribution in [0.1, 0.15) is 6.92 Å². The molecule has 0 bridgehead atoms. The number of rotatable bonds is 1. The first-order valence-electron chi connectivity index (χ1n) is 5.06. The summed E-state index contributed by atoms with van der Waals surface area (Å²) < 4.78 is 0.724. The highest BCUT2D eigenvalue weighted by Crippen LogP contribution is 2.30. The van der Waals surface area contributed by atoms with E-state index in [1.54, 1.807) is 25.1 Å². The van der Waals surface area contributed by atoms with Crippen LogP contribution in [0.3, 0.4) is 0 Å². The van der Waals surface area contributed by atoms with Crippen LogP contribution in [0.2, 0.25) is 5.02 Å². The number of imide groups is 1. The van der Waals surface area contributed by atoms with Crippen molar-refractivity contribution in [3.05, 3.63) is 27.7 Å². The fraction of sp³-hybridized carbons (Fsp3) is 0.273. The minimum atomic E-state index is -0.406. The van der Waals surface area contributed by atoms with Gasteiger partial charge in [-0.3, -0.25) is 15.0 Å². The molecule has 1 heterocycles. The molecule has 0 aromatic heterocycles. The molecule has 0 spiro atoms. The van der Waals surface area contributed by atoms with Crippen LogP contribution in [-0.2, 0) is 4.79 Å². The van der Waals surface area contributed by atoms with Crippen molar-refractivity contribution in [2.24, 2.45) is 5.92 Å². The van der Waals surface area contributed by atoms with Gasteiger partial charge in [0.2, 0.25) is 5.91 Å². The Morgan fingerprint density at radius 2 is 2.18 bits per heavy atom. The first kappa shape index (κ1) is 12.4. The molecule has 2 rings (SSSR count). The van der Waals surface area contributed by atoms with Crippen LogP contribution in [0.5, 0.6) is 0 Å².